The van der Waals surface area contributed by atoms with Gasteiger partial charge in [-0.1, -0.05) is 30.3 Å². The molecule has 134 valence electrons. The van der Waals surface area contributed by atoms with Crippen molar-refractivity contribution in [1.82, 2.24) is 0 Å². The zero-order valence-corrected chi connectivity index (χ0v) is 14.7. The van der Waals surface area contributed by atoms with E-state index < -0.39 is 24.8 Å². The molecule has 24 heavy (non-hydrogen) atoms. The largest absolute Gasteiger partial charge is 0.458 e. The minimum Gasteiger partial charge on any atom is -0.458 e. The molecule has 0 aliphatic rings. The number of esters is 1. The maximum atomic E-state index is 14.4. The Balaban J connectivity index is 2.84. The van der Waals surface area contributed by atoms with Gasteiger partial charge >= 0.3 is 19.2 Å². The molecule has 5 nitrogen and oxygen atoms in total. The van der Waals surface area contributed by atoms with E-state index in [9.17, 15) is 18.1 Å². The molecule has 0 aliphatic heterocycles. The lowest BCUT2D eigenvalue weighted by atomic mass is 10.2. The van der Waals surface area contributed by atoms with Crippen LogP contribution in [0, 0.1) is 0 Å². The molecule has 0 unspecified atom stereocenters. The van der Waals surface area contributed by atoms with Gasteiger partial charge < -0.3 is 13.8 Å². The normalized spacial score (nSPS) is 13.0. The quantitative estimate of drug-likeness (QED) is 0.367. The van der Waals surface area contributed by atoms with Crippen LogP contribution in [0.1, 0.15) is 26.3 Å². The van der Waals surface area contributed by atoms with Crippen LogP contribution in [0.3, 0.4) is 0 Å². The summed E-state index contributed by atoms with van der Waals surface area (Å²) in [5.41, 5.74) is -3.95. The number of benzene rings is 1. The fourth-order valence-corrected chi connectivity index (χ4v) is 3.36. The van der Waals surface area contributed by atoms with Gasteiger partial charge in [0, 0.05) is 11.6 Å². The highest BCUT2D eigenvalue weighted by Crippen LogP contribution is 2.64. The third-order valence-corrected chi connectivity index (χ3v) is 5.21. The van der Waals surface area contributed by atoms with Gasteiger partial charge in [0.1, 0.15) is 6.61 Å². The number of halogens is 2. The van der Waals surface area contributed by atoms with Crippen molar-refractivity contribution in [3.05, 3.63) is 47.5 Å². The number of carbonyl (C=O) groups excluding carboxylic acids is 1. The summed E-state index contributed by atoms with van der Waals surface area (Å²) in [5, 5.41) is 0. The summed E-state index contributed by atoms with van der Waals surface area (Å²) in [6.07, 6.45) is 0.605. The van der Waals surface area contributed by atoms with Crippen molar-refractivity contribution in [3.63, 3.8) is 0 Å². The zero-order chi connectivity index (χ0) is 18.2. The third kappa shape index (κ3) is 5.23. The highest BCUT2D eigenvalue weighted by Gasteiger charge is 2.54. The predicted molar refractivity (Wildman–Crippen MR) is 85.8 cm³/mol. The Bertz CT molecular complexity index is 606. The first-order valence-corrected chi connectivity index (χ1v) is 8.97. The van der Waals surface area contributed by atoms with E-state index in [1.54, 1.807) is 30.3 Å². The SMILES string of the molecule is CCOP(=O)(OCC)C(F)(F)/C(C)=C/C(=O)OCc1ccccc1. The summed E-state index contributed by atoms with van der Waals surface area (Å²) in [6, 6.07) is 8.79. The van der Waals surface area contributed by atoms with Gasteiger partial charge in [0.05, 0.1) is 13.2 Å². The fourth-order valence-electron chi connectivity index (χ4n) is 1.79. The van der Waals surface area contributed by atoms with E-state index in [0.29, 0.717) is 6.08 Å². The van der Waals surface area contributed by atoms with Crippen molar-refractivity contribution in [2.24, 2.45) is 0 Å². The van der Waals surface area contributed by atoms with Gasteiger partial charge in [-0.25, -0.2) is 4.79 Å². The molecule has 1 aromatic carbocycles. The highest BCUT2D eigenvalue weighted by molar-refractivity contribution is 7.55. The molecule has 0 fully saturated rings. The van der Waals surface area contributed by atoms with Crippen LogP contribution >= 0.6 is 7.60 Å². The highest BCUT2D eigenvalue weighted by atomic mass is 31.2. The summed E-state index contributed by atoms with van der Waals surface area (Å²) in [7, 11) is -4.72. The fraction of sp³-hybridized carbons (Fsp3) is 0.438. The Hall–Kier alpha value is -1.56. The zero-order valence-electron chi connectivity index (χ0n) is 13.8. The Morgan fingerprint density at radius 3 is 2.21 bits per heavy atom. The Kier molecular flexibility index (Phi) is 7.73. The molecule has 0 heterocycles. The van der Waals surface area contributed by atoms with E-state index in [4.69, 9.17) is 4.74 Å². The third-order valence-electron chi connectivity index (χ3n) is 2.97. The average Bonchev–Trinajstić information content (AvgIpc) is 2.54. The van der Waals surface area contributed by atoms with Crippen molar-refractivity contribution in [2.45, 2.75) is 33.0 Å². The standard InChI is InChI=1S/C16H21F2O5P/c1-4-22-24(20,23-5-2)16(17,18)13(3)11-15(19)21-12-14-9-7-6-8-10-14/h6-11H,4-5,12H2,1-3H3/b13-11+. The molecule has 0 amide bonds. The molecule has 0 atom stereocenters. The van der Waals surface area contributed by atoms with E-state index in [2.05, 4.69) is 9.05 Å². The lowest BCUT2D eigenvalue weighted by Crippen LogP contribution is -2.23. The summed E-state index contributed by atoms with van der Waals surface area (Å²) < 4.78 is 55.2. The van der Waals surface area contributed by atoms with Crippen LogP contribution < -0.4 is 0 Å². The van der Waals surface area contributed by atoms with E-state index in [0.717, 1.165) is 12.5 Å². The number of alkyl halides is 2. The molecule has 1 aromatic rings. The van der Waals surface area contributed by atoms with E-state index in [1.165, 1.54) is 13.8 Å². The summed E-state index contributed by atoms with van der Waals surface area (Å²) >= 11 is 0. The Morgan fingerprint density at radius 1 is 1.17 bits per heavy atom. The Morgan fingerprint density at radius 2 is 1.71 bits per heavy atom. The van der Waals surface area contributed by atoms with Crippen molar-refractivity contribution < 1.29 is 31.9 Å². The smallest absolute Gasteiger partial charge is 0.404 e. The van der Waals surface area contributed by atoms with Crippen LogP contribution in [-0.2, 0) is 29.8 Å². The number of hydrogen-bond acceptors (Lipinski definition) is 5. The molecule has 0 radical (unpaired) electrons. The van der Waals surface area contributed by atoms with E-state index in [-0.39, 0.29) is 19.8 Å². The molecule has 8 heteroatoms. The maximum Gasteiger partial charge on any atom is 0.404 e. The first-order chi connectivity index (χ1) is 11.3. The molecular formula is C16H21F2O5P. The second-order valence-electron chi connectivity index (χ2n) is 4.79. The summed E-state index contributed by atoms with van der Waals surface area (Å²) in [5.74, 6) is -0.962. The molecule has 0 aliphatic carbocycles. The molecule has 0 saturated carbocycles. The maximum absolute atomic E-state index is 14.4. The minimum absolute atomic E-state index is 0.0520. The predicted octanol–water partition coefficient (Wildman–Crippen LogP) is 4.54. The van der Waals surface area contributed by atoms with Crippen LogP contribution in [0.5, 0.6) is 0 Å². The number of rotatable bonds is 9. The molecule has 0 aromatic heterocycles. The monoisotopic (exact) mass is 362 g/mol. The van der Waals surface area contributed by atoms with Crippen LogP contribution in [0.15, 0.2) is 42.0 Å². The second kappa shape index (κ2) is 9.06. The first kappa shape index (κ1) is 20.5. The Labute approximate surface area is 140 Å². The van der Waals surface area contributed by atoms with Gasteiger partial charge in [0.2, 0.25) is 0 Å². The van der Waals surface area contributed by atoms with Crippen molar-refractivity contribution in [2.75, 3.05) is 13.2 Å². The van der Waals surface area contributed by atoms with Gasteiger partial charge in [-0.15, -0.1) is 0 Å². The molecule has 1 rings (SSSR count). The number of allylic oxidation sites excluding steroid dienone is 1. The van der Waals surface area contributed by atoms with Gasteiger partial charge in [0.25, 0.3) is 0 Å². The van der Waals surface area contributed by atoms with Crippen molar-refractivity contribution in [1.29, 1.82) is 0 Å². The minimum atomic E-state index is -4.72. The van der Waals surface area contributed by atoms with Gasteiger partial charge in [0.15, 0.2) is 0 Å². The molecular weight excluding hydrogens is 341 g/mol. The van der Waals surface area contributed by atoms with Gasteiger partial charge in [-0.05, 0) is 26.3 Å². The van der Waals surface area contributed by atoms with E-state index in [1.807, 2.05) is 0 Å². The lowest BCUT2D eigenvalue weighted by molar-refractivity contribution is -0.139. The van der Waals surface area contributed by atoms with Crippen LogP contribution in [0.2, 0.25) is 0 Å². The molecule has 0 N–H and O–H groups in total. The second-order valence-corrected chi connectivity index (χ2v) is 6.87. The topological polar surface area (TPSA) is 61.8 Å². The van der Waals surface area contributed by atoms with Gasteiger partial charge in [-0.3, -0.25) is 4.57 Å². The van der Waals surface area contributed by atoms with Crippen LogP contribution in [0.4, 0.5) is 8.78 Å². The van der Waals surface area contributed by atoms with Gasteiger partial charge in [-0.2, -0.15) is 8.78 Å². The summed E-state index contributed by atoms with van der Waals surface area (Å²) in [6.45, 7) is 3.36. The van der Waals surface area contributed by atoms with Crippen LogP contribution in [-0.4, -0.2) is 24.8 Å². The molecule has 0 saturated heterocycles. The lowest BCUT2D eigenvalue weighted by Gasteiger charge is -2.26. The first-order valence-electron chi connectivity index (χ1n) is 7.43. The average molecular weight is 362 g/mol. The number of ether oxygens (including phenoxy) is 1. The van der Waals surface area contributed by atoms with Crippen molar-refractivity contribution in [3.8, 4) is 0 Å². The van der Waals surface area contributed by atoms with Crippen molar-refractivity contribution >= 4 is 13.6 Å². The number of hydrogen-bond donors (Lipinski definition) is 0. The molecule has 0 spiro atoms. The number of carbonyl (C=O) groups is 1. The summed E-state index contributed by atoms with van der Waals surface area (Å²) in [4.78, 5) is 11.7. The van der Waals surface area contributed by atoms with E-state index >= 15 is 0 Å². The van der Waals surface area contributed by atoms with Crippen LogP contribution in [0.25, 0.3) is 0 Å². The molecule has 0 bridgehead atoms.